The molecular formula is C17H12N4O. The second kappa shape index (κ2) is 6.02. The van der Waals surface area contributed by atoms with Crippen molar-refractivity contribution in [2.45, 2.75) is 5.92 Å². The third-order valence-corrected chi connectivity index (χ3v) is 3.24. The Morgan fingerprint density at radius 2 is 2.00 bits per heavy atom. The van der Waals surface area contributed by atoms with E-state index >= 15 is 0 Å². The molecule has 0 radical (unpaired) electrons. The van der Waals surface area contributed by atoms with Gasteiger partial charge in [0.05, 0.1) is 29.2 Å². The van der Waals surface area contributed by atoms with Gasteiger partial charge in [0.25, 0.3) is 0 Å². The molecule has 2 heterocycles. The molecule has 3 rings (SSSR count). The fourth-order valence-corrected chi connectivity index (χ4v) is 2.15. The number of hydrogen-bond donors (Lipinski definition) is 1. The van der Waals surface area contributed by atoms with Crippen molar-refractivity contribution in [3.05, 3.63) is 66.6 Å². The number of carbonyl (C=O) groups is 1. The molecular weight excluding hydrogens is 276 g/mol. The van der Waals surface area contributed by atoms with Crippen molar-refractivity contribution in [3.63, 3.8) is 0 Å². The van der Waals surface area contributed by atoms with Crippen LogP contribution < -0.4 is 5.32 Å². The minimum absolute atomic E-state index is 0.418. The monoisotopic (exact) mass is 288 g/mol. The number of amides is 1. The largest absolute Gasteiger partial charge is 0.323 e. The second-order valence-electron chi connectivity index (χ2n) is 4.72. The maximum atomic E-state index is 12.3. The van der Waals surface area contributed by atoms with E-state index in [9.17, 15) is 10.1 Å². The molecule has 2 aromatic heterocycles. The van der Waals surface area contributed by atoms with Crippen LogP contribution in [0, 0.1) is 11.3 Å². The van der Waals surface area contributed by atoms with Crippen LogP contribution >= 0.6 is 0 Å². The van der Waals surface area contributed by atoms with Crippen molar-refractivity contribution >= 4 is 22.5 Å². The Kier molecular flexibility index (Phi) is 3.75. The summed E-state index contributed by atoms with van der Waals surface area (Å²) < 4.78 is 0. The number of para-hydroxylation sites is 1. The third-order valence-electron chi connectivity index (χ3n) is 3.24. The van der Waals surface area contributed by atoms with Gasteiger partial charge in [0.15, 0.2) is 5.92 Å². The van der Waals surface area contributed by atoms with Crippen molar-refractivity contribution in [1.82, 2.24) is 9.97 Å². The topological polar surface area (TPSA) is 78.7 Å². The Labute approximate surface area is 127 Å². The maximum absolute atomic E-state index is 12.3. The molecule has 1 amide bonds. The minimum Gasteiger partial charge on any atom is -0.323 e. The molecule has 1 aromatic carbocycles. The van der Waals surface area contributed by atoms with E-state index in [-0.39, 0.29) is 0 Å². The fraction of sp³-hybridized carbons (Fsp3) is 0.0588. The number of aromatic nitrogens is 2. The highest BCUT2D eigenvalue weighted by Gasteiger charge is 2.22. The zero-order valence-electron chi connectivity index (χ0n) is 11.6. The minimum atomic E-state index is -0.968. The summed E-state index contributed by atoms with van der Waals surface area (Å²) in [6, 6.07) is 16.6. The van der Waals surface area contributed by atoms with Crippen LogP contribution in [0.15, 0.2) is 60.9 Å². The summed E-state index contributed by atoms with van der Waals surface area (Å²) in [6.45, 7) is 0. The normalized spacial score (nSPS) is 11.6. The summed E-state index contributed by atoms with van der Waals surface area (Å²) in [5.74, 6) is -1.39. The zero-order chi connectivity index (χ0) is 15.4. The van der Waals surface area contributed by atoms with Gasteiger partial charge < -0.3 is 5.32 Å². The van der Waals surface area contributed by atoms with E-state index in [0.717, 1.165) is 10.9 Å². The lowest BCUT2D eigenvalue weighted by Crippen LogP contribution is -2.20. The van der Waals surface area contributed by atoms with E-state index in [0.29, 0.717) is 11.4 Å². The average molecular weight is 288 g/mol. The van der Waals surface area contributed by atoms with Gasteiger partial charge in [0, 0.05) is 11.6 Å². The SMILES string of the molecule is N#C[C@@H](C(=O)Nc1cccnc1)c1ccc2ccccc2n1. The first-order valence-corrected chi connectivity index (χ1v) is 6.74. The highest BCUT2D eigenvalue weighted by molar-refractivity contribution is 5.97. The molecule has 0 bridgehead atoms. The molecule has 5 nitrogen and oxygen atoms in total. The van der Waals surface area contributed by atoms with Crippen LogP contribution in [0.3, 0.4) is 0 Å². The molecule has 22 heavy (non-hydrogen) atoms. The van der Waals surface area contributed by atoms with Crippen LogP contribution in [0.2, 0.25) is 0 Å². The second-order valence-corrected chi connectivity index (χ2v) is 4.72. The average Bonchev–Trinajstić information content (AvgIpc) is 2.56. The van der Waals surface area contributed by atoms with Crippen molar-refractivity contribution in [1.29, 1.82) is 5.26 Å². The smallest absolute Gasteiger partial charge is 0.247 e. The quantitative estimate of drug-likeness (QED) is 0.803. The van der Waals surface area contributed by atoms with Crippen LogP contribution in [0.25, 0.3) is 10.9 Å². The fourth-order valence-electron chi connectivity index (χ4n) is 2.15. The number of benzene rings is 1. The van der Waals surface area contributed by atoms with Gasteiger partial charge in [-0.2, -0.15) is 5.26 Å². The van der Waals surface area contributed by atoms with E-state index in [1.807, 2.05) is 36.4 Å². The van der Waals surface area contributed by atoms with E-state index in [1.54, 1.807) is 24.4 Å². The Morgan fingerprint density at radius 1 is 1.14 bits per heavy atom. The molecule has 106 valence electrons. The lowest BCUT2D eigenvalue weighted by atomic mass is 10.0. The van der Waals surface area contributed by atoms with E-state index in [4.69, 9.17) is 0 Å². The standard InChI is InChI=1S/C17H12N4O/c18-10-14(17(22)20-13-5-3-9-19-11-13)16-8-7-12-4-1-2-6-15(12)21-16/h1-9,11,14H,(H,20,22)/t14-/m1/s1. The molecule has 1 N–H and O–H groups in total. The number of nitrogens with one attached hydrogen (secondary N) is 1. The van der Waals surface area contributed by atoms with Crippen LogP contribution in [0.4, 0.5) is 5.69 Å². The number of hydrogen-bond acceptors (Lipinski definition) is 4. The highest BCUT2D eigenvalue weighted by atomic mass is 16.1. The molecule has 0 aliphatic rings. The Hall–Kier alpha value is -3.26. The number of fused-ring (bicyclic) bond motifs is 1. The first kappa shape index (κ1) is 13.7. The van der Waals surface area contributed by atoms with Gasteiger partial charge in [-0.3, -0.25) is 14.8 Å². The van der Waals surface area contributed by atoms with E-state index in [2.05, 4.69) is 15.3 Å². The van der Waals surface area contributed by atoms with Crippen molar-refractivity contribution < 1.29 is 4.79 Å². The van der Waals surface area contributed by atoms with Crippen LogP contribution in [0.1, 0.15) is 11.6 Å². The van der Waals surface area contributed by atoms with Gasteiger partial charge in [0.1, 0.15) is 0 Å². The number of nitriles is 1. The van der Waals surface area contributed by atoms with Gasteiger partial charge in [-0.15, -0.1) is 0 Å². The predicted octanol–water partition coefficient (Wildman–Crippen LogP) is 2.88. The summed E-state index contributed by atoms with van der Waals surface area (Å²) in [5, 5.41) is 13.0. The zero-order valence-corrected chi connectivity index (χ0v) is 11.6. The van der Waals surface area contributed by atoms with Gasteiger partial charge in [-0.05, 0) is 24.3 Å². The first-order valence-electron chi connectivity index (χ1n) is 6.74. The highest BCUT2D eigenvalue weighted by Crippen LogP contribution is 2.19. The summed E-state index contributed by atoms with van der Waals surface area (Å²) in [7, 11) is 0. The van der Waals surface area contributed by atoms with Crippen molar-refractivity contribution in [2.24, 2.45) is 0 Å². The summed E-state index contributed by atoms with van der Waals surface area (Å²) in [4.78, 5) is 20.6. The van der Waals surface area contributed by atoms with Crippen LogP contribution in [-0.2, 0) is 4.79 Å². The number of carbonyl (C=O) groups excluding carboxylic acids is 1. The summed E-state index contributed by atoms with van der Waals surface area (Å²) in [5.41, 5.74) is 1.74. The summed E-state index contributed by atoms with van der Waals surface area (Å²) in [6.07, 6.45) is 3.14. The van der Waals surface area contributed by atoms with Gasteiger partial charge in [-0.1, -0.05) is 24.3 Å². The van der Waals surface area contributed by atoms with Crippen molar-refractivity contribution in [3.8, 4) is 6.07 Å². The molecule has 1 atom stereocenters. The van der Waals surface area contributed by atoms with E-state index in [1.165, 1.54) is 6.20 Å². The van der Waals surface area contributed by atoms with Gasteiger partial charge in [0.2, 0.25) is 5.91 Å². The van der Waals surface area contributed by atoms with Gasteiger partial charge in [-0.25, -0.2) is 0 Å². The number of pyridine rings is 2. The molecule has 3 aromatic rings. The van der Waals surface area contributed by atoms with Crippen molar-refractivity contribution in [2.75, 3.05) is 5.32 Å². The Balaban J connectivity index is 1.89. The van der Waals surface area contributed by atoms with Crippen LogP contribution in [-0.4, -0.2) is 15.9 Å². The number of nitrogens with zero attached hydrogens (tertiary/aromatic N) is 3. The lowest BCUT2D eigenvalue weighted by Gasteiger charge is -2.10. The molecule has 5 heteroatoms. The molecule has 0 aliphatic heterocycles. The van der Waals surface area contributed by atoms with Gasteiger partial charge >= 0.3 is 0 Å². The summed E-state index contributed by atoms with van der Waals surface area (Å²) >= 11 is 0. The lowest BCUT2D eigenvalue weighted by molar-refractivity contribution is -0.116. The maximum Gasteiger partial charge on any atom is 0.247 e. The third kappa shape index (κ3) is 2.76. The Morgan fingerprint density at radius 3 is 2.77 bits per heavy atom. The molecule has 0 spiro atoms. The molecule has 0 saturated heterocycles. The molecule has 0 unspecified atom stereocenters. The number of rotatable bonds is 3. The predicted molar refractivity (Wildman–Crippen MR) is 83.0 cm³/mol. The molecule has 0 aliphatic carbocycles. The number of anilines is 1. The Bertz CT molecular complexity index is 855. The first-order chi connectivity index (χ1) is 10.8. The van der Waals surface area contributed by atoms with Crippen LogP contribution in [0.5, 0.6) is 0 Å². The molecule has 0 fully saturated rings. The molecule has 0 saturated carbocycles. The van der Waals surface area contributed by atoms with E-state index < -0.39 is 11.8 Å².